The molecule has 12 nitrogen and oxygen atoms in total. The highest BCUT2D eigenvalue weighted by molar-refractivity contribution is 6.00. The van der Waals surface area contributed by atoms with Gasteiger partial charge in [0, 0.05) is 12.8 Å². The molecule has 1 atom stereocenters. The van der Waals surface area contributed by atoms with Gasteiger partial charge < -0.3 is 30.7 Å². The average Bonchev–Trinajstić information content (AvgIpc) is 2.70. The quantitative estimate of drug-likeness (QED) is 0.284. The molecule has 0 bridgehead atoms. The smallest absolute Gasteiger partial charge is 0.330 e. The van der Waals surface area contributed by atoms with Gasteiger partial charge in [0.15, 0.2) is 5.60 Å². The Hall–Kier alpha value is -3.18. The zero-order chi connectivity index (χ0) is 29.8. The molecule has 4 amide bonds. The van der Waals surface area contributed by atoms with Gasteiger partial charge in [0.05, 0.1) is 7.11 Å². The normalized spacial score (nSPS) is 14.1. The molecule has 0 rings (SSSR count). The SMILES string of the molecule is COC(=O)C(C)(C)NC(=O)C(C)(C)NC(=O)C(C)(C)NC(=O)C(C)(C)NC(=O)C(C)(OC(C)=O)C(C)C. The van der Waals surface area contributed by atoms with Crippen molar-refractivity contribution in [2.45, 2.75) is 111 Å². The molecule has 0 heterocycles. The largest absolute Gasteiger partial charge is 0.467 e. The maximum atomic E-state index is 13.1. The number of carbonyl (C=O) groups excluding carboxylic acids is 6. The van der Waals surface area contributed by atoms with Gasteiger partial charge in [0.2, 0.25) is 17.7 Å². The average molecular weight is 529 g/mol. The molecular formula is C25H44N4O8. The molecule has 0 spiro atoms. The molecule has 212 valence electrons. The maximum Gasteiger partial charge on any atom is 0.330 e. The molecule has 0 saturated heterocycles. The summed E-state index contributed by atoms with van der Waals surface area (Å²) in [6.45, 7) is 17.6. The first-order chi connectivity index (χ1) is 16.4. The highest BCUT2D eigenvalue weighted by atomic mass is 16.6. The van der Waals surface area contributed by atoms with E-state index in [-0.39, 0.29) is 0 Å². The van der Waals surface area contributed by atoms with Gasteiger partial charge >= 0.3 is 11.9 Å². The summed E-state index contributed by atoms with van der Waals surface area (Å²) in [5.41, 5.74) is -7.33. The number of hydrogen-bond acceptors (Lipinski definition) is 8. The Labute approximate surface area is 219 Å². The first-order valence-corrected chi connectivity index (χ1v) is 11.9. The fourth-order valence-electron chi connectivity index (χ4n) is 2.93. The van der Waals surface area contributed by atoms with Crippen molar-refractivity contribution in [1.29, 1.82) is 0 Å². The Kier molecular flexibility index (Phi) is 10.5. The Balaban J connectivity index is 5.57. The van der Waals surface area contributed by atoms with Crippen molar-refractivity contribution < 1.29 is 38.2 Å². The van der Waals surface area contributed by atoms with Crippen LogP contribution in [0.2, 0.25) is 0 Å². The van der Waals surface area contributed by atoms with E-state index in [4.69, 9.17) is 4.74 Å². The van der Waals surface area contributed by atoms with Crippen LogP contribution < -0.4 is 21.3 Å². The van der Waals surface area contributed by atoms with Gasteiger partial charge in [-0.15, -0.1) is 0 Å². The first-order valence-electron chi connectivity index (χ1n) is 11.9. The fraction of sp³-hybridized carbons (Fsp3) is 0.760. The molecule has 0 fully saturated rings. The van der Waals surface area contributed by atoms with Crippen molar-refractivity contribution in [3.05, 3.63) is 0 Å². The van der Waals surface area contributed by atoms with Gasteiger partial charge in [-0.25, -0.2) is 4.79 Å². The standard InChI is InChI=1S/C25H44N4O8/c1-14(2)25(12,37-15(3)30)19(34)29-23(8,9)17(32)27-21(4,5)16(31)26-22(6,7)18(33)28-24(10,11)20(35)36-13/h14H,1-13H3,(H,26,31)(H,27,32)(H,28,33)(H,29,34). The highest BCUT2D eigenvalue weighted by Gasteiger charge is 2.46. The van der Waals surface area contributed by atoms with E-state index in [9.17, 15) is 28.8 Å². The zero-order valence-corrected chi connectivity index (χ0v) is 24.3. The van der Waals surface area contributed by atoms with E-state index >= 15 is 0 Å². The minimum absolute atomic E-state index is 0.394. The number of rotatable bonds is 11. The molecule has 12 heteroatoms. The third-order valence-corrected chi connectivity index (χ3v) is 6.01. The predicted molar refractivity (Wildman–Crippen MR) is 136 cm³/mol. The van der Waals surface area contributed by atoms with E-state index in [1.165, 1.54) is 76.3 Å². The number of nitrogens with one attached hydrogen (secondary N) is 4. The second-order valence-corrected chi connectivity index (χ2v) is 11.7. The lowest BCUT2D eigenvalue weighted by molar-refractivity contribution is -0.171. The number of amides is 4. The Bertz CT molecular complexity index is 937. The van der Waals surface area contributed by atoms with Crippen LogP contribution >= 0.6 is 0 Å². The molecule has 4 N–H and O–H groups in total. The van der Waals surface area contributed by atoms with Crippen LogP contribution in [0.1, 0.15) is 83.1 Å². The monoisotopic (exact) mass is 528 g/mol. The van der Waals surface area contributed by atoms with Crippen LogP contribution in [0.3, 0.4) is 0 Å². The molecule has 37 heavy (non-hydrogen) atoms. The van der Waals surface area contributed by atoms with Crippen LogP contribution in [-0.2, 0) is 38.2 Å². The first kappa shape index (κ1) is 33.8. The number of ether oxygens (including phenoxy) is 2. The van der Waals surface area contributed by atoms with Crippen LogP contribution in [0, 0.1) is 5.92 Å². The van der Waals surface area contributed by atoms with Crippen LogP contribution in [0.5, 0.6) is 0 Å². The number of esters is 2. The Morgan fingerprint density at radius 1 is 0.568 bits per heavy atom. The fourth-order valence-corrected chi connectivity index (χ4v) is 2.93. The van der Waals surface area contributed by atoms with E-state index in [2.05, 4.69) is 26.0 Å². The molecule has 0 aliphatic heterocycles. The Morgan fingerprint density at radius 3 is 1.14 bits per heavy atom. The van der Waals surface area contributed by atoms with Crippen LogP contribution in [-0.4, -0.2) is 70.4 Å². The lowest BCUT2D eigenvalue weighted by Gasteiger charge is -2.37. The van der Waals surface area contributed by atoms with E-state index in [0.717, 1.165) is 0 Å². The molecule has 0 aromatic rings. The zero-order valence-electron chi connectivity index (χ0n) is 24.3. The summed E-state index contributed by atoms with van der Waals surface area (Å²) in [6, 6.07) is 0. The van der Waals surface area contributed by atoms with Crippen molar-refractivity contribution in [2.75, 3.05) is 7.11 Å². The topological polar surface area (TPSA) is 169 Å². The summed E-state index contributed by atoms with van der Waals surface area (Å²) in [5, 5.41) is 10.3. The molecule has 0 radical (unpaired) electrons. The summed E-state index contributed by atoms with van der Waals surface area (Å²) in [4.78, 5) is 75.3. The van der Waals surface area contributed by atoms with E-state index in [1.54, 1.807) is 13.8 Å². The number of methoxy groups -OCH3 is 1. The summed E-state index contributed by atoms with van der Waals surface area (Å²) < 4.78 is 9.92. The summed E-state index contributed by atoms with van der Waals surface area (Å²) in [5.74, 6) is -4.41. The lowest BCUT2D eigenvalue weighted by atomic mass is 9.89. The van der Waals surface area contributed by atoms with Crippen LogP contribution in [0.25, 0.3) is 0 Å². The molecule has 0 aromatic heterocycles. The highest BCUT2D eigenvalue weighted by Crippen LogP contribution is 2.23. The minimum atomic E-state index is -1.52. The van der Waals surface area contributed by atoms with Gasteiger partial charge in [0.25, 0.3) is 5.91 Å². The lowest BCUT2D eigenvalue weighted by Crippen LogP contribution is -2.68. The second-order valence-electron chi connectivity index (χ2n) is 11.7. The summed E-state index contributed by atoms with van der Waals surface area (Å²) >= 11 is 0. The van der Waals surface area contributed by atoms with Crippen LogP contribution in [0.15, 0.2) is 0 Å². The number of carbonyl (C=O) groups is 6. The minimum Gasteiger partial charge on any atom is -0.467 e. The van der Waals surface area contributed by atoms with Crippen molar-refractivity contribution in [2.24, 2.45) is 5.92 Å². The molecule has 0 aliphatic rings. The molecule has 0 aliphatic carbocycles. The van der Waals surface area contributed by atoms with Crippen molar-refractivity contribution in [1.82, 2.24) is 21.3 Å². The van der Waals surface area contributed by atoms with E-state index in [1.807, 2.05) is 0 Å². The molecule has 1 unspecified atom stereocenters. The summed E-state index contributed by atoms with van der Waals surface area (Å²) in [7, 11) is 1.19. The van der Waals surface area contributed by atoms with Crippen molar-refractivity contribution >= 4 is 35.6 Å². The van der Waals surface area contributed by atoms with Gasteiger partial charge in [-0.05, 0) is 62.3 Å². The van der Waals surface area contributed by atoms with Gasteiger partial charge in [-0.3, -0.25) is 24.0 Å². The van der Waals surface area contributed by atoms with E-state index < -0.39 is 69.2 Å². The Morgan fingerprint density at radius 2 is 0.865 bits per heavy atom. The van der Waals surface area contributed by atoms with Gasteiger partial charge in [0.1, 0.15) is 22.2 Å². The third-order valence-electron chi connectivity index (χ3n) is 6.01. The van der Waals surface area contributed by atoms with Gasteiger partial charge in [-0.1, -0.05) is 13.8 Å². The molecule has 0 aromatic carbocycles. The van der Waals surface area contributed by atoms with Crippen LogP contribution in [0.4, 0.5) is 0 Å². The van der Waals surface area contributed by atoms with Crippen molar-refractivity contribution in [3.63, 3.8) is 0 Å². The van der Waals surface area contributed by atoms with Crippen molar-refractivity contribution in [3.8, 4) is 0 Å². The van der Waals surface area contributed by atoms with Gasteiger partial charge in [-0.2, -0.15) is 0 Å². The molecular weight excluding hydrogens is 484 g/mol. The molecule has 0 saturated carbocycles. The predicted octanol–water partition coefficient (Wildman–Crippen LogP) is 0.716. The maximum absolute atomic E-state index is 13.1. The summed E-state index contributed by atoms with van der Waals surface area (Å²) in [6.07, 6.45) is 0. The third kappa shape index (κ3) is 8.71. The number of hydrogen-bond donors (Lipinski definition) is 4. The van der Waals surface area contributed by atoms with E-state index in [0.29, 0.717) is 0 Å². The second kappa shape index (κ2) is 11.5.